The summed E-state index contributed by atoms with van der Waals surface area (Å²) < 4.78 is 0. The lowest BCUT2D eigenvalue weighted by atomic mass is 10.2. The SMILES string of the molecule is O=C(CCc1nccs1)N1CCN(c2cccc(Cl)c2)CC1. The van der Waals surface area contributed by atoms with Crippen molar-refractivity contribution >= 4 is 34.5 Å². The van der Waals surface area contributed by atoms with E-state index >= 15 is 0 Å². The Morgan fingerprint density at radius 2 is 2.09 bits per heavy atom. The van der Waals surface area contributed by atoms with E-state index in [9.17, 15) is 4.79 Å². The number of hydrogen-bond donors (Lipinski definition) is 0. The van der Waals surface area contributed by atoms with Crippen LogP contribution >= 0.6 is 22.9 Å². The van der Waals surface area contributed by atoms with E-state index in [1.165, 1.54) is 0 Å². The number of aromatic nitrogens is 1. The summed E-state index contributed by atoms with van der Waals surface area (Å²) in [6, 6.07) is 7.87. The molecule has 6 heteroatoms. The number of amides is 1. The zero-order valence-corrected chi connectivity index (χ0v) is 13.8. The van der Waals surface area contributed by atoms with Crippen LogP contribution in [0.2, 0.25) is 5.02 Å². The molecule has 116 valence electrons. The van der Waals surface area contributed by atoms with E-state index in [0.29, 0.717) is 6.42 Å². The van der Waals surface area contributed by atoms with Gasteiger partial charge in [-0.25, -0.2) is 4.98 Å². The van der Waals surface area contributed by atoms with E-state index in [2.05, 4.69) is 16.0 Å². The summed E-state index contributed by atoms with van der Waals surface area (Å²) in [5.74, 6) is 0.223. The first kappa shape index (κ1) is 15.3. The molecule has 0 N–H and O–H groups in total. The topological polar surface area (TPSA) is 36.4 Å². The Labute approximate surface area is 139 Å². The summed E-state index contributed by atoms with van der Waals surface area (Å²) >= 11 is 7.65. The molecule has 4 nitrogen and oxygen atoms in total. The monoisotopic (exact) mass is 335 g/mol. The predicted octanol–water partition coefficient (Wildman–Crippen LogP) is 3.08. The first-order valence-corrected chi connectivity index (χ1v) is 8.65. The van der Waals surface area contributed by atoms with Crippen LogP contribution in [0.5, 0.6) is 0 Å². The molecule has 1 fully saturated rings. The van der Waals surface area contributed by atoms with Gasteiger partial charge in [-0.3, -0.25) is 4.79 Å². The van der Waals surface area contributed by atoms with Crippen molar-refractivity contribution in [3.05, 3.63) is 45.9 Å². The molecule has 1 saturated heterocycles. The second kappa shape index (κ2) is 7.11. The van der Waals surface area contributed by atoms with Crippen LogP contribution in [-0.4, -0.2) is 42.0 Å². The lowest BCUT2D eigenvalue weighted by Gasteiger charge is -2.36. The number of aryl methyl sites for hydroxylation is 1. The predicted molar refractivity (Wildman–Crippen MR) is 90.7 cm³/mol. The molecule has 0 atom stereocenters. The molecule has 0 unspecified atom stereocenters. The molecule has 1 aromatic carbocycles. The van der Waals surface area contributed by atoms with Crippen molar-refractivity contribution in [3.63, 3.8) is 0 Å². The second-order valence-electron chi connectivity index (χ2n) is 5.27. The molecular weight excluding hydrogens is 318 g/mol. The Kier molecular flexibility index (Phi) is 4.95. The Morgan fingerprint density at radius 3 is 2.77 bits per heavy atom. The molecule has 0 bridgehead atoms. The summed E-state index contributed by atoms with van der Waals surface area (Å²) in [7, 11) is 0. The van der Waals surface area contributed by atoms with Gasteiger partial charge in [-0.2, -0.15) is 0 Å². The van der Waals surface area contributed by atoms with Gasteiger partial charge in [-0.1, -0.05) is 17.7 Å². The minimum Gasteiger partial charge on any atom is -0.368 e. The summed E-state index contributed by atoms with van der Waals surface area (Å²) in [5, 5.41) is 3.73. The third-order valence-corrected chi connectivity index (χ3v) is 4.92. The summed E-state index contributed by atoms with van der Waals surface area (Å²) in [4.78, 5) is 20.7. The van der Waals surface area contributed by atoms with E-state index in [-0.39, 0.29) is 5.91 Å². The number of anilines is 1. The van der Waals surface area contributed by atoms with Crippen molar-refractivity contribution in [2.24, 2.45) is 0 Å². The average molecular weight is 336 g/mol. The van der Waals surface area contributed by atoms with Crippen LogP contribution in [0, 0.1) is 0 Å². The number of rotatable bonds is 4. The van der Waals surface area contributed by atoms with Gasteiger partial charge in [-0.05, 0) is 18.2 Å². The first-order valence-electron chi connectivity index (χ1n) is 7.39. The second-order valence-corrected chi connectivity index (χ2v) is 6.69. The van der Waals surface area contributed by atoms with Crippen LogP contribution in [0.15, 0.2) is 35.8 Å². The Balaban J connectivity index is 1.49. The van der Waals surface area contributed by atoms with Gasteiger partial charge in [0.1, 0.15) is 0 Å². The molecule has 1 amide bonds. The van der Waals surface area contributed by atoms with Crippen LogP contribution in [0.3, 0.4) is 0 Å². The van der Waals surface area contributed by atoms with Crippen molar-refractivity contribution in [3.8, 4) is 0 Å². The summed E-state index contributed by atoms with van der Waals surface area (Å²) in [5.41, 5.74) is 1.13. The van der Waals surface area contributed by atoms with Crippen molar-refractivity contribution in [2.45, 2.75) is 12.8 Å². The van der Waals surface area contributed by atoms with E-state index in [1.807, 2.05) is 28.5 Å². The van der Waals surface area contributed by atoms with Gasteiger partial charge in [0.05, 0.1) is 5.01 Å². The lowest BCUT2D eigenvalue weighted by Crippen LogP contribution is -2.48. The van der Waals surface area contributed by atoms with Gasteiger partial charge in [0.25, 0.3) is 0 Å². The molecule has 2 heterocycles. The van der Waals surface area contributed by atoms with E-state index in [0.717, 1.165) is 48.3 Å². The zero-order valence-electron chi connectivity index (χ0n) is 12.2. The van der Waals surface area contributed by atoms with Gasteiger partial charge < -0.3 is 9.80 Å². The first-order chi connectivity index (χ1) is 10.7. The minimum atomic E-state index is 0.223. The van der Waals surface area contributed by atoms with Crippen molar-refractivity contribution in [1.29, 1.82) is 0 Å². The van der Waals surface area contributed by atoms with Crippen LogP contribution in [0.25, 0.3) is 0 Å². The Bertz CT molecular complexity index is 624. The summed E-state index contributed by atoms with van der Waals surface area (Å²) in [6.45, 7) is 3.24. The minimum absolute atomic E-state index is 0.223. The van der Waals surface area contributed by atoms with Crippen LogP contribution in [0.1, 0.15) is 11.4 Å². The number of hydrogen-bond acceptors (Lipinski definition) is 4. The molecule has 0 radical (unpaired) electrons. The third-order valence-electron chi connectivity index (χ3n) is 3.84. The van der Waals surface area contributed by atoms with Crippen molar-refractivity contribution in [1.82, 2.24) is 9.88 Å². The maximum absolute atomic E-state index is 12.3. The number of halogens is 1. The molecule has 22 heavy (non-hydrogen) atoms. The highest BCUT2D eigenvalue weighted by atomic mass is 35.5. The van der Waals surface area contributed by atoms with Gasteiger partial charge in [0.15, 0.2) is 0 Å². The molecule has 1 aliphatic rings. The summed E-state index contributed by atoms with van der Waals surface area (Å²) in [6.07, 6.45) is 3.07. The van der Waals surface area contributed by atoms with Crippen molar-refractivity contribution in [2.75, 3.05) is 31.1 Å². The van der Waals surface area contributed by atoms with Gasteiger partial charge in [0, 0.05) is 61.3 Å². The number of carbonyl (C=O) groups excluding carboxylic acids is 1. The average Bonchev–Trinajstić information content (AvgIpc) is 3.06. The molecule has 1 aromatic heterocycles. The highest BCUT2D eigenvalue weighted by Crippen LogP contribution is 2.21. The highest BCUT2D eigenvalue weighted by Gasteiger charge is 2.21. The fourth-order valence-corrected chi connectivity index (χ4v) is 3.44. The molecule has 1 aliphatic heterocycles. The molecule has 2 aromatic rings. The maximum Gasteiger partial charge on any atom is 0.223 e. The number of nitrogens with zero attached hydrogens (tertiary/aromatic N) is 3. The van der Waals surface area contributed by atoms with Crippen LogP contribution in [-0.2, 0) is 11.2 Å². The molecule has 0 saturated carbocycles. The number of benzene rings is 1. The van der Waals surface area contributed by atoms with E-state index < -0.39 is 0 Å². The Hall–Kier alpha value is -1.59. The Morgan fingerprint density at radius 1 is 1.27 bits per heavy atom. The molecule has 0 aliphatic carbocycles. The molecule has 3 rings (SSSR count). The normalized spacial score (nSPS) is 15.1. The van der Waals surface area contributed by atoms with Gasteiger partial charge >= 0.3 is 0 Å². The number of piperazine rings is 1. The number of carbonyl (C=O) groups is 1. The smallest absolute Gasteiger partial charge is 0.223 e. The fourth-order valence-electron chi connectivity index (χ4n) is 2.64. The maximum atomic E-state index is 12.3. The largest absolute Gasteiger partial charge is 0.368 e. The lowest BCUT2D eigenvalue weighted by molar-refractivity contribution is -0.131. The standard InChI is InChI=1S/C16H18ClN3OS/c17-13-2-1-3-14(12-13)19-7-9-20(10-8-19)16(21)5-4-15-18-6-11-22-15/h1-3,6,11-12H,4-5,7-10H2. The number of thiazole rings is 1. The van der Waals surface area contributed by atoms with E-state index in [1.54, 1.807) is 17.5 Å². The van der Waals surface area contributed by atoms with Crippen LogP contribution < -0.4 is 4.90 Å². The zero-order chi connectivity index (χ0) is 15.4. The van der Waals surface area contributed by atoms with Crippen LogP contribution in [0.4, 0.5) is 5.69 Å². The van der Waals surface area contributed by atoms with Crippen molar-refractivity contribution < 1.29 is 4.79 Å². The third kappa shape index (κ3) is 3.78. The molecule has 0 spiro atoms. The fraction of sp³-hybridized carbons (Fsp3) is 0.375. The van der Waals surface area contributed by atoms with Gasteiger partial charge in [0.2, 0.25) is 5.91 Å². The highest BCUT2D eigenvalue weighted by molar-refractivity contribution is 7.09. The van der Waals surface area contributed by atoms with Gasteiger partial charge in [-0.15, -0.1) is 11.3 Å². The molecular formula is C16H18ClN3OS. The van der Waals surface area contributed by atoms with E-state index in [4.69, 9.17) is 11.6 Å². The quantitative estimate of drug-likeness (QED) is 0.861.